The molecule has 0 spiro atoms. The molecule has 2 aliphatic carbocycles. The molecule has 0 aromatic heterocycles. The minimum Gasteiger partial charge on any atom is -0.481 e. The molecule has 2 atom stereocenters. The molecule has 0 saturated heterocycles. The Morgan fingerprint density at radius 2 is 1.56 bits per heavy atom. The number of carboxylic acids is 1. The summed E-state index contributed by atoms with van der Waals surface area (Å²) in [6.07, 6.45) is 1.14. The lowest BCUT2D eigenvalue weighted by Gasteiger charge is -2.30. The second-order valence-corrected chi connectivity index (χ2v) is 9.32. The zero-order valence-electron chi connectivity index (χ0n) is 19.7. The van der Waals surface area contributed by atoms with Crippen LogP contribution in [0.1, 0.15) is 50.2 Å². The van der Waals surface area contributed by atoms with Gasteiger partial charge in [0.25, 0.3) is 0 Å². The number of aliphatic carboxylic acids is 1. The Hall–Kier alpha value is -3.35. The van der Waals surface area contributed by atoms with Crippen LogP contribution in [0.15, 0.2) is 48.5 Å². The molecule has 0 bridgehead atoms. The highest BCUT2D eigenvalue weighted by molar-refractivity contribution is 5.84. The highest BCUT2D eigenvalue weighted by Crippen LogP contribution is 2.44. The number of nitrogens with one attached hydrogen (secondary N) is 2. The molecule has 0 aliphatic heterocycles. The zero-order chi connectivity index (χ0) is 24.3. The van der Waals surface area contributed by atoms with Crippen molar-refractivity contribution in [1.29, 1.82) is 0 Å². The van der Waals surface area contributed by atoms with E-state index in [1.54, 1.807) is 0 Å². The van der Waals surface area contributed by atoms with Gasteiger partial charge < -0.3 is 20.5 Å². The molecule has 0 heterocycles. The number of hydrogen-bond acceptors (Lipinski definition) is 4. The fraction of sp³-hybridized carbons (Fsp3) is 0.444. The third-order valence-electron chi connectivity index (χ3n) is 7.51. The van der Waals surface area contributed by atoms with E-state index in [4.69, 9.17) is 9.84 Å². The van der Waals surface area contributed by atoms with Crippen LogP contribution in [0.5, 0.6) is 0 Å². The predicted octanol–water partition coefficient (Wildman–Crippen LogP) is 4.17. The van der Waals surface area contributed by atoms with Gasteiger partial charge >= 0.3 is 12.1 Å². The van der Waals surface area contributed by atoms with Crippen molar-refractivity contribution in [1.82, 2.24) is 10.6 Å². The largest absolute Gasteiger partial charge is 0.481 e. The van der Waals surface area contributed by atoms with Crippen LogP contribution in [0, 0.1) is 17.3 Å². The van der Waals surface area contributed by atoms with Gasteiger partial charge in [0.05, 0.1) is 11.3 Å². The maximum atomic E-state index is 12.9. The highest BCUT2D eigenvalue weighted by atomic mass is 16.5. The van der Waals surface area contributed by atoms with E-state index in [9.17, 15) is 14.4 Å². The minimum atomic E-state index is -0.812. The number of amides is 2. The Kier molecular flexibility index (Phi) is 6.91. The first-order chi connectivity index (χ1) is 16.4. The van der Waals surface area contributed by atoms with Crippen molar-refractivity contribution in [3.8, 4) is 11.1 Å². The first-order valence-corrected chi connectivity index (χ1v) is 12.0. The Morgan fingerprint density at radius 3 is 2.09 bits per heavy atom. The molecular formula is C27H32N2O5. The maximum Gasteiger partial charge on any atom is 0.407 e. The summed E-state index contributed by atoms with van der Waals surface area (Å²) >= 11 is 0. The summed E-state index contributed by atoms with van der Waals surface area (Å²) in [5.41, 5.74) is 3.86. The predicted molar refractivity (Wildman–Crippen MR) is 128 cm³/mol. The minimum absolute atomic E-state index is 0.0112. The number of benzene rings is 2. The van der Waals surface area contributed by atoms with Crippen LogP contribution in [0.25, 0.3) is 11.1 Å². The standard InChI is InChI=1S/C27H32N2O5/c1-3-27(4-2,25(32)28-14-17-13-22(17)24(30)31)16-29-26(33)34-15-23-20-11-7-5-9-18(20)19-10-6-8-12-21(19)23/h5-12,17,22-23H,3-4,13-16H2,1-2H3,(H,28,32)(H,29,33)(H,30,31)/t17-,22-/m0/s1. The highest BCUT2D eigenvalue weighted by Gasteiger charge is 2.44. The molecule has 34 heavy (non-hydrogen) atoms. The fourth-order valence-corrected chi connectivity index (χ4v) is 4.98. The molecule has 2 aliphatic rings. The Balaban J connectivity index is 1.32. The lowest BCUT2D eigenvalue weighted by molar-refractivity contribution is -0.139. The molecule has 0 unspecified atom stereocenters. The van der Waals surface area contributed by atoms with Gasteiger partial charge in [-0.3, -0.25) is 9.59 Å². The lowest BCUT2D eigenvalue weighted by atomic mass is 9.81. The first kappa shape index (κ1) is 23.8. The average Bonchev–Trinajstić information content (AvgIpc) is 3.58. The molecular weight excluding hydrogens is 432 g/mol. The van der Waals surface area contributed by atoms with Gasteiger partial charge in [0, 0.05) is 19.0 Å². The molecule has 2 amide bonds. The SMILES string of the molecule is CCC(CC)(CNC(=O)OCC1c2ccccc2-c2ccccc21)C(=O)NC[C@@H]1C[C@@H]1C(=O)O. The topological polar surface area (TPSA) is 105 Å². The molecule has 1 saturated carbocycles. The Bertz CT molecular complexity index is 1030. The van der Waals surface area contributed by atoms with E-state index in [2.05, 4.69) is 34.9 Å². The van der Waals surface area contributed by atoms with Crippen LogP contribution in [0.3, 0.4) is 0 Å². The van der Waals surface area contributed by atoms with Gasteiger partial charge in [-0.2, -0.15) is 0 Å². The van der Waals surface area contributed by atoms with Gasteiger partial charge in [-0.15, -0.1) is 0 Å². The molecule has 1 fully saturated rings. The summed E-state index contributed by atoms with van der Waals surface area (Å²) in [6, 6.07) is 16.3. The van der Waals surface area contributed by atoms with Crippen molar-refractivity contribution < 1.29 is 24.2 Å². The van der Waals surface area contributed by atoms with Crippen molar-refractivity contribution in [3.05, 3.63) is 59.7 Å². The van der Waals surface area contributed by atoms with E-state index >= 15 is 0 Å². The quantitative estimate of drug-likeness (QED) is 0.490. The lowest BCUT2D eigenvalue weighted by Crippen LogP contribution is -2.48. The summed E-state index contributed by atoms with van der Waals surface area (Å²) in [5.74, 6) is -1.37. The molecule has 2 aromatic carbocycles. The number of carbonyl (C=O) groups excluding carboxylic acids is 2. The van der Waals surface area contributed by atoms with Gasteiger partial charge in [-0.1, -0.05) is 62.4 Å². The van der Waals surface area contributed by atoms with Crippen molar-refractivity contribution >= 4 is 18.0 Å². The van der Waals surface area contributed by atoms with Crippen LogP contribution < -0.4 is 10.6 Å². The van der Waals surface area contributed by atoms with Crippen LogP contribution in [-0.2, 0) is 14.3 Å². The van der Waals surface area contributed by atoms with E-state index in [1.807, 2.05) is 38.1 Å². The number of carbonyl (C=O) groups is 3. The second kappa shape index (κ2) is 9.87. The Labute approximate surface area is 199 Å². The fourth-order valence-electron chi connectivity index (χ4n) is 4.98. The summed E-state index contributed by atoms with van der Waals surface area (Å²) in [5, 5.41) is 14.7. The van der Waals surface area contributed by atoms with Crippen molar-refractivity contribution in [2.24, 2.45) is 17.3 Å². The number of fused-ring (bicyclic) bond motifs is 3. The van der Waals surface area contributed by atoms with E-state index in [0.29, 0.717) is 25.8 Å². The molecule has 7 nitrogen and oxygen atoms in total. The second-order valence-electron chi connectivity index (χ2n) is 9.32. The summed E-state index contributed by atoms with van der Waals surface area (Å²) in [4.78, 5) is 36.6. The smallest absolute Gasteiger partial charge is 0.407 e. The van der Waals surface area contributed by atoms with Crippen LogP contribution in [0.2, 0.25) is 0 Å². The van der Waals surface area contributed by atoms with Crippen LogP contribution >= 0.6 is 0 Å². The van der Waals surface area contributed by atoms with Crippen molar-refractivity contribution in [3.63, 3.8) is 0 Å². The summed E-state index contributed by atoms with van der Waals surface area (Å²) < 4.78 is 5.61. The number of ether oxygens (including phenoxy) is 1. The van der Waals surface area contributed by atoms with Crippen molar-refractivity contribution in [2.75, 3.05) is 19.7 Å². The molecule has 3 N–H and O–H groups in total. The van der Waals surface area contributed by atoms with E-state index in [-0.39, 0.29) is 36.8 Å². The molecule has 2 aromatic rings. The monoisotopic (exact) mass is 464 g/mol. The van der Waals surface area contributed by atoms with E-state index < -0.39 is 17.5 Å². The van der Waals surface area contributed by atoms with E-state index in [1.165, 1.54) is 11.1 Å². The summed E-state index contributed by atoms with van der Waals surface area (Å²) in [6.45, 7) is 4.56. The number of alkyl carbamates (subject to hydrolysis) is 1. The third kappa shape index (κ3) is 4.65. The molecule has 4 rings (SSSR count). The van der Waals surface area contributed by atoms with Gasteiger partial charge in [-0.05, 0) is 47.4 Å². The Morgan fingerprint density at radius 1 is 0.971 bits per heavy atom. The zero-order valence-corrected chi connectivity index (χ0v) is 19.7. The number of carboxylic acid groups (broad SMARTS) is 1. The number of rotatable bonds is 10. The van der Waals surface area contributed by atoms with Gasteiger partial charge in [0.2, 0.25) is 5.91 Å². The average molecular weight is 465 g/mol. The van der Waals surface area contributed by atoms with Crippen LogP contribution in [0.4, 0.5) is 4.79 Å². The first-order valence-electron chi connectivity index (χ1n) is 12.0. The van der Waals surface area contributed by atoms with Crippen LogP contribution in [-0.4, -0.2) is 42.8 Å². The van der Waals surface area contributed by atoms with Gasteiger partial charge in [0.1, 0.15) is 6.61 Å². The van der Waals surface area contributed by atoms with Gasteiger partial charge in [0.15, 0.2) is 0 Å². The normalized spacial score (nSPS) is 18.5. The van der Waals surface area contributed by atoms with Gasteiger partial charge in [-0.25, -0.2) is 4.79 Å². The third-order valence-corrected chi connectivity index (χ3v) is 7.51. The molecule has 180 valence electrons. The molecule has 0 radical (unpaired) electrons. The van der Waals surface area contributed by atoms with E-state index in [0.717, 1.165) is 11.1 Å². The van der Waals surface area contributed by atoms with Crippen molar-refractivity contribution in [2.45, 2.75) is 39.0 Å². The maximum absolute atomic E-state index is 12.9. The summed E-state index contributed by atoms with van der Waals surface area (Å²) in [7, 11) is 0. The molecule has 7 heteroatoms. The number of hydrogen-bond donors (Lipinski definition) is 3.